The molecule has 8 bridgehead atoms. The summed E-state index contributed by atoms with van der Waals surface area (Å²) in [5, 5.41) is 33.8. The maximum absolute atomic E-state index is 11.0. The molecule has 290 valence electrons. The second-order valence-electron chi connectivity index (χ2n) is 18.0. The summed E-state index contributed by atoms with van der Waals surface area (Å²) in [5.41, 5.74) is 0.989. The first-order valence-electron chi connectivity index (χ1n) is 21.1. The molecule has 11 nitrogen and oxygen atoms in total. The molecule has 9 aliphatic rings. The van der Waals surface area contributed by atoms with Gasteiger partial charge in [-0.05, 0) is 118 Å². The number of fused-ring (bicyclic) bond motifs is 20. The summed E-state index contributed by atoms with van der Waals surface area (Å²) in [6, 6.07) is 6.32. The minimum Gasteiger partial charge on any atom is -0.458 e. The summed E-state index contributed by atoms with van der Waals surface area (Å²) in [6.45, 7) is 1.87. The summed E-state index contributed by atoms with van der Waals surface area (Å²) >= 11 is 4.90. The molecule has 5 saturated heterocycles. The van der Waals surface area contributed by atoms with E-state index in [0.29, 0.717) is 49.3 Å². The van der Waals surface area contributed by atoms with Gasteiger partial charge in [0.05, 0.1) is 49.3 Å². The van der Waals surface area contributed by atoms with Crippen LogP contribution in [0, 0.1) is 54.3 Å². The zero-order valence-corrected chi connectivity index (χ0v) is 35.5. The summed E-state index contributed by atoms with van der Waals surface area (Å²) in [4.78, 5) is 0.114. The number of sulfonamides is 1. The Labute approximate surface area is 345 Å². The molecule has 53 heavy (non-hydrogen) atoms. The quantitative estimate of drug-likeness (QED) is 0.210. The Bertz CT molecular complexity index is 1290. The van der Waals surface area contributed by atoms with Crippen molar-refractivity contribution in [3.63, 3.8) is 0 Å². The van der Waals surface area contributed by atoms with Crippen molar-refractivity contribution in [1.29, 1.82) is 0 Å². The van der Waals surface area contributed by atoms with Crippen LogP contribution < -0.4 is 72.1 Å². The first-order valence-corrected chi connectivity index (χ1v) is 22.9. The molecule has 0 spiro atoms. The van der Waals surface area contributed by atoms with E-state index in [1.54, 1.807) is 12.1 Å². The average molecular weight is 781 g/mol. The number of nitrogens with one attached hydrogen (secondary N) is 8. The Morgan fingerprint density at radius 2 is 0.660 bits per heavy atom. The smallest absolute Gasteiger partial charge is 0.458 e. The van der Waals surface area contributed by atoms with E-state index in [1.807, 2.05) is 6.92 Å². The third kappa shape index (κ3) is 8.10. The van der Waals surface area contributed by atoms with Crippen molar-refractivity contribution >= 4 is 21.8 Å². The van der Waals surface area contributed by atoms with Gasteiger partial charge in [0, 0.05) is 4.90 Å². The van der Waals surface area contributed by atoms with Gasteiger partial charge in [0.15, 0.2) is 0 Å². The van der Waals surface area contributed by atoms with Gasteiger partial charge < -0.3 is 4.24 Å². The van der Waals surface area contributed by atoms with E-state index in [9.17, 15) is 8.42 Å². The van der Waals surface area contributed by atoms with E-state index in [0.717, 1.165) is 52.9 Å². The van der Waals surface area contributed by atoms with E-state index >= 15 is 0 Å². The van der Waals surface area contributed by atoms with Gasteiger partial charge in [-0.2, -0.15) is 0 Å². The molecule has 9 fully saturated rings. The second kappa shape index (κ2) is 17.1. The second-order valence-corrected chi connectivity index (χ2v) is 19.9. The van der Waals surface area contributed by atoms with Gasteiger partial charge in [-0.25, -0.2) is 8.42 Å². The number of halogens is 1. The van der Waals surface area contributed by atoms with Crippen LogP contribution in [-0.2, 0) is 10.0 Å². The third-order valence-corrected chi connectivity index (χ3v) is 16.8. The van der Waals surface area contributed by atoms with Crippen LogP contribution in [0.5, 0.6) is 0 Å². The van der Waals surface area contributed by atoms with Crippen molar-refractivity contribution in [2.45, 2.75) is 164 Å². The molecule has 0 radical (unpaired) electrons. The minimum absolute atomic E-state index is 0. The predicted molar refractivity (Wildman–Crippen MR) is 205 cm³/mol. The van der Waals surface area contributed by atoms with Gasteiger partial charge in [-0.15, -0.1) is 0 Å². The molecule has 0 amide bonds. The van der Waals surface area contributed by atoms with Crippen LogP contribution in [0.2, 0.25) is 0 Å². The first kappa shape index (κ1) is 39.9. The van der Waals surface area contributed by atoms with E-state index in [1.165, 1.54) is 115 Å². The number of nitrogens with zero attached hydrogens (tertiary/aromatic N) is 1. The summed E-state index contributed by atoms with van der Waals surface area (Å²) in [6.07, 6.45) is 25.6. The van der Waals surface area contributed by atoms with Crippen LogP contribution >= 0.6 is 11.8 Å². The van der Waals surface area contributed by atoms with Gasteiger partial charge >= 0.3 is 29.6 Å². The zero-order chi connectivity index (χ0) is 35.4. The zero-order valence-electron chi connectivity index (χ0n) is 31.9. The summed E-state index contributed by atoms with van der Waals surface area (Å²) in [5.74, 6) is 5.97. The molecule has 4 aliphatic carbocycles. The van der Waals surface area contributed by atoms with Crippen LogP contribution in [0.1, 0.15) is 108 Å². The van der Waals surface area contributed by atoms with Crippen molar-refractivity contribution in [3.05, 3.63) is 34.1 Å². The molecule has 5 heterocycles. The summed E-state index contributed by atoms with van der Waals surface area (Å²) in [7, 11) is -3.62. The van der Waals surface area contributed by atoms with Crippen LogP contribution in [0.25, 0.3) is 4.24 Å². The molecular formula is C39H63ClN9NaO2S. The number of hydrogen-bond donors (Lipinski definition) is 8. The van der Waals surface area contributed by atoms with Crippen molar-refractivity contribution in [2.24, 2.45) is 47.3 Å². The Balaban J connectivity index is 0.000000266. The fourth-order valence-corrected chi connectivity index (χ4v) is 13.5. The van der Waals surface area contributed by atoms with Crippen molar-refractivity contribution in [3.8, 4) is 0 Å². The molecule has 1 aromatic rings. The minimum atomic E-state index is -3.62. The monoisotopic (exact) mass is 779 g/mol. The summed E-state index contributed by atoms with van der Waals surface area (Å²) < 4.78 is 24.8. The molecule has 1 aromatic carbocycles. The van der Waals surface area contributed by atoms with Gasteiger partial charge in [0.2, 0.25) is 0 Å². The number of hydrogen-bond acceptors (Lipinski definition) is 10. The molecule has 8 N–H and O–H groups in total. The fraction of sp³-hybridized carbons (Fsp3) is 0.846. The Morgan fingerprint density at radius 3 is 0.849 bits per heavy atom. The molecule has 8 atom stereocenters. The van der Waals surface area contributed by atoms with Crippen molar-refractivity contribution < 1.29 is 38.0 Å². The van der Waals surface area contributed by atoms with Crippen LogP contribution in [0.4, 0.5) is 0 Å². The number of aryl methyl sites for hydroxylation is 1. The Morgan fingerprint density at radius 1 is 0.453 bits per heavy atom. The molecule has 5 aliphatic heterocycles. The normalized spacial score (nSPS) is 46.1. The van der Waals surface area contributed by atoms with Crippen LogP contribution in [0.3, 0.4) is 0 Å². The topological polar surface area (TPSA) is 144 Å². The van der Waals surface area contributed by atoms with E-state index < -0.39 is 10.0 Å². The van der Waals surface area contributed by atoms with Gasteiger partial charge in [-0.1, -0.05) is 69.1 Å². The van der Waals surface area contributed by atoms with E-state index in [4.69, 9.17) is 11.8 Å². The Kier molecular flexibility index (Phi) is 12.9. The van der Waals surface area contributed by atoms with Gasteiger partial charge in [0.1, 0.15) is 10.0 Å². The maximum Gasteiger partial charge on any atom is 1.00 e. The van der Waals surface area contributed by atoms with Gasteiger partial charge in [-0.3, -0.25) is 54.3 Å². The third-order valence-electron chi connectivity index (χ3n) is 15.2. The molecule has 10 rings (SSSR count). The molecule has 14 heteroatoms. The molecular weight excluding hydrogens is 717 g/mol. The Hall–Kier alpha value is 0.1000. The maximum atomic E-state index is 11.0. The van der Waals surface area contributed by atoms with Gasteiger partial charge in [0.25, 0.3) is 0 Å². The largest absolute Gasteiger partial charge is 1.00 e. The predicted octanol–water partition coefficient (Wildman–Crippen LogP) is 1.82. The van der Waals surface area contributed by atoms with Crippen LogP contribution in [-0.4, -0.2) is 57.7 Å². The molecule has 8 unspecified atom stereocenters. The number of rotatable bonds is 2. The standard InChI is InChI=1S/C32H56N8.C7H7ClNO2S.Na/c1-2-10-18-17(9-1)25-33-26(18)38-28-21-13-5-6-14-22(21)30(35-28)40-32-24-16-8-7-15-23(24)31(36-32)39-29-20-12-4-3-11-19(20)27(34-29)37-25;1-6-2-4-7(5-3-6)12(10,11)9-8;/h17-40H,1-16H2;2-5H,1H3;/q;-1;+1. The molecule has 4 saturated carbocycles. The average Bonchev–Trinajstić information content (AvgIpc) is 3.91. The van der Waals surface area contributed by atoms with E-state index in [-0.39, 0.29) is 34.5 Å². The van der Waals surface area contributed by atoms with Crippen molar-refractivity contribution in [1.82, 2.24) is 42.5 Å². The first-order chi connectivity index (χ1) is 25.4. The van der Waals surface area contributed by atoms with Crippen LogP contribution in [0.15, 0.2) is 29.2 Å². The fourth-order valence-electron chi connectivity index (χ4n) is 12.7. The van der Waals surface area contributed by atoms with Crippen molar-refractivity contribution in [2.75, 3.05) is 0 Å². The SMILES string of the molecule is C1CCC2C3NC(NC4NC(NC5NC(NC6NC(N3)C3CCCCC63)C3CCCCC53)C3CCCCC43)C2C1.Cc1ccc(S(=O)(=O)[N-]Cl)cc1.[Na+]. The molecule has 0 aromatic heterocycles. The van der Waals surface area contributed by atoms with E-state index in [2.05, 4.69) is 46.8 Å². The number of benzene rings is 1.